The predicted octanol–water partition coefficient (Wildman–Crippen LogP) is 3.39. The highest BCUT2D eigenvalue weighted by molar-refractivity contribution is 14.1. The largest absolute Gasteiger partial charge is 0.314 e. The fourth-order valence-electron chi connectivity index (χ4n) is 1.32. The average molecular weight is 303 g/mol. The van der Waals surface area contributed by atoms with Crippen LogP contribution in [0.1, 0.15) is 32.3 Å². The minimum Gasteiger partial charge on any atom is -0.314 e. The summed E-state index contributed by atoms with van der Waals surface area (Å²) in [5.74, 6) is 0.592. The van der Waals surface area contributed by atoms with Crippen LogP contribution in [0.5, 0.6) is 0 Å². The van der Waals surface area contributed by atoms with Crippen LogP contribution in [0, 0.1) is 3.57 Å². The van der Waals surface area contributed by atoms with Crippen molar-refractivity contribution >= 4 is 22.6 Å². The zero-order valence-corrected chi connectivity index (χ0v) is 11.2. The number of halogens is 1. The first kappa shape index (κ1) is 12.0. The normalized spacial score (nSPS) is 13.2. The monoisotopic (exact) mass is 303 g/mol. The molecule has 0 aliphatic heterocycles. The van der Waals surface area contributed by atoms with E-state index in [1.54, 1.807) is 0 Å². The van der Waals surface area contributed by atoms with E-state index >= 15 is 0 Å². The molecule has 14 heavy (non-hydrogen) atoms. The summed E-state index contributed by atoms with van der Waals surface area (Å²) in [5.41, 5.74) is 1.42. The minimum atomic E-state index is 0.571. The van der Waals surface area contributed by atoms with Crippen LogP contribution in [-0.2, 0) is 0 Å². The van der Waals surface area contributed by atoms with Crippen molar-refractivity contribution in [2.24, 2.45) is 0 Å². The molecule has 0 saturated carbocycles. The molecule has 0 spiro atoms. The summed E-state index contributed by atoms with van der Waals surface area (Å²) in [4.78, 5) is 0. The molecule has 1 unspecified atom stereocenters. The zero-order chi connectivity index (χ0) is 10.6. The van der Waals surface area contributed by atoms with Crippen molar-refractivity contribution in [3.63, 3.8) is 0 Å². The second-order valence-electron chi connectivity index (χ2n) is 4.02. The maximum absolute atomic E-state index is 3.46. The van der Waals surface area contributed by atoms with Crippen molar-refractivity contribution in [1.82, 2.24) is 5.32 Å². The molecule has 0 bridgehead atoms. The van der Waals surface area contributed by atoms with Crippen molar-refractivity contribution < 1.29 is 0 Å². The van der Waals surface area contributed by atoms with Crippen LogP contribution >= 0.6 is 22.6 Å². The van der Waals surface area contributed by atoms with Crippen molar-refractivity contribution in [1.29, 1.82) is 0 Å². The molecule has 1 N–H and O–H groups in total. The smallest absolute Gasteiger partial charge is 0.0130 e. The quantitative estimate of drug-likeness (QED) is 0.841. The Bertz CT molecular complexity index is 266. The lowest BCUT2D eigenvalue weighted by molar-refractivity contribution is 0.548. The second-order valence-corrected chi connectivity index (χ2v) is 5.26. The Morgan fingerprint density at radius 3 is 2.21 bits per heavy atom. The van der Waals surface area contributed by atoms with Gasteiger partial charge in [-0.25, -0.2) is 0 Å². The molecule has 78 valence electrons. The lowest BCUT2D eigenvalue weighted by Crippen LogP contribution is -2.26. The van der Waals surface area contributed by atoms with Gasteiger partial charge in [0.1, 0.15) is 0 Å². The van der Waals surface area contributed by atoms with E-state index in [0.717, 1.165) is 6.54 Å². The molecular weight excluding hydrogens is 285 g/mol. The average Bonchev–Trinajstić information content (AvgIpc) is 2.15. The first-order valence-corrected chi connectivity index (χ1v) is 6.16. The van der Waals surface area contributed by atoms with E-state index < -0.39 is 0 Å². The van der Waals surface area contributed by atoms with Crippen LogP contribution < -0.4 is 5.32 Å². The molecule has 0 heterocycles. The van der Waals surface area contributed by atoms with Crippen LogP contribution in [0.2, 0.25) is 0 Å². The molecule has 1 aromatic rings. The fourth-order valence-corrected chi connectivity index (χ4v) is 1.68. The Kier molecular flexibility index (Phi) is 4.89. The lowest BCUT2D eigenvalue weighted by Gasteiger charge is -2.15. The van der Waals surface area contributed by atoms with Crippen LogP contribution in [-0.4, -0.2) is 12.6 Å². The van der Waals surface area contributed by atoms with E-state index in [2.05, 4.69) is 72.9 Å². The summed E-state index contributed by atoms with van der Waals surface area (Å²) >= 11 is 2.34. The van der Waals surface area contributed by atoms with Crippen molar-refractivity contribution in [2.75, 3.05) is 6.54 Å². The van der Waals surface area contributed by atoms with E-state index in [4.69, 9.17) is 0 Å². The van der Waals surface area contributed by atoms with Crippen LogP contribution in [0.15, 0.2) is 24.3 Å². The molecule has 2 heteroatoms. The number of benzene rings is 1. The van der Waals surface area contributed by atoms with E-state index in [-0.39, 0.29) is 0 Å². The molecule has 0 fully saturated rings. The minimum absolute atomic E-state index is 0.571. The number of nitrogens with one attached hydrogen (secondary N) is 1. The Hall–Kier alpha value is -0.0900. The van der Waals surface area contributed by atoms with Gasteiger partial charge in [-0.3, -0.25) is 0 Å². The molecular formula is C12H18IN. The van der Waals surface area contributed by atoms with Crippen molar-refractivity contribution in [3.05, 3.63) is 33.4 Å². The first-order chi connectivity index (χ1) is 6.59. The van der Waals surface area contributed by atoms with Gasteiger partial charge in [0.15, 0.2) is 0 Å². The molecule has 1 nitrogen and oxygen atoms in total. The highest BCUT2D eigenvalue weighted by Crippen LogP contribution is 2.15. The van der Waals surface area contributed by atoms with E-state index in [1.807, 2.05) is 0 Å². The van der Waals surface area contributed by atoms with Gasteiger partial charge in [0.25, 0.3) is 0 Å². The summed E-state index contributed by atoms with van der Waals surface area (Å²) in [5, 5.41) is 3.46. The van der Waals surface area contributed by atoms with Gasteiger partial charge in [0, 0.05) is 16.2 Å². The fraction of sp³-hybridized carbons (Fsp3) is 0.500. The molecule has 0 aliphatic carbocycles. The van der Waals surface area contributed by atoms with Gasteiger partial charge in [-0.05, 0) is 46.2 Å². The van der Waals surface area contributed by atoms with E-state index in [9.17, 15) is 0 Å². The molecule has 1 rings (SSSR count). The van der Waals surface area contributed by atoms with Crippen molar-refractivity contribution in [2.45, 2.75) is 32.7 Å². The van der Waals surface area contributed by atoms with Crippen molar-refractivity contribution in [3.8, 4) is 0 Å². The molecule has 1 atom stereocenters. The maximum Gasteiger partial charge on any atom is 0.0130 e. The molecule has 1 aromatic carbocycles. The first-order valence-electron chi connectivity index (χ1n) is 5.08. The van der Waals surface area contributed by atoms with Gasteiger partial charge in [-0.2, -0.15) is 0 Å². The van der Waals surface area contributed by atoms with Gasteiger partial charge < -0.3 is 5.32 Å². The SMILES string of the molecule is CC(C)NCC(C)c1ccc(I)cc1. The summed E-state index contributed by atoms with van der Waals surface area (Å²) < 4.78 is 1.30. The molecule has 0 aliphatic rings. The summed E-state index contributed by atoms with van der Waals surface area (Å²) in [7, 11) is 0. The Labute approximate surface area is 100 Å². The van der Waals surface area contributed by atoms with E-state index in [1.165, 1.54) is 9.13 Å². The van der Waals surface area contributed by atoms with Gasteiger partial charge in [0.05, 0.1) is 0 Å². The third-order valence-electron chi connectivity index (χ3n) is 2.27. The maximum atomic E-state index is 3.46. The second kappa shape index (κ2) is 5.71. The standard InChI is InChI=1S/C12H18IN/c1-9(2)14-8-10(3)11-4-6-12(13)7-5-11/h4-7,9-10,14H,8H2,1-3H3. The van der Waals surface area contributed by atoms with Crippen LogP contribution in [0.4, 0.5) is 0 Å². The highest BCUT2D eigenvalue weighted by atomic mass is 127. The number of hydrogen-bond acceptors (Lipinski definition) is 1. The zero-order valence-electron chi connectivity index (χ0n) is 9.05. The third-order valence-corrected chi connectivity index (χ3v) is 2.99. The van der Waals surface area contributed by atoms with Gasteiger partial charge in [0.2, 0.25) is 0 Å². The molecule has 0 radical (unpaired) electrons. The molecule has 0 saturated heterocycles. The Balaban J connectivity index is 2.52. The number of rotatable bonds is 4. The van der Waals surface area contributed by atoms with Gasteiger partial charge in [-0.15, -0.1) is 0 Å². The van der Waals surface area contributed by atoms with Crippen LogP contribution in [0.3, 0.4) is 0 Å². The Morgan fingerprint density at radius 2 is 1.71 bits per heavy atom. The molecule has 0 aromatic heterocycles. The Morgan fingerprint density at radius 1 is 1.14 bits per heavy atom. The highest BCUT2D eigenvalue weighted by Gasteiger charge is 2.05. The van der Waals surface area contributed by atoms with E-state index in [0.29, 0.717) is 12.0 Å². The molecule has 0 amide bonds. The lowest BCUT2D eigenvalue weighted by atomic mass is 10.0. The van der Waals surface area contributed by atoms with Gasteiger partial charge in [-0.1, -0.05) is 32.9 Å². The topological polar surface area (TPSA) is 12.0 Å². The predicted molar refractivity (Wildman–Crippen MR) is 70.7 cm³/mol. The summed E-state index contributed by atoms with van der Waals surface area (Å²) in [6, 6.07) is 9.34. The number of hydrogen-bond donors (Lipinski definition) is 1. The summed E-state index contributed by atoms with van der Waals surface area (Å²) in [6.07, 6.45) is 0. The third kappa shape index (κ3) is 3.96. The van der Waals surface area contributed by atoms with Gasteiger partial charge >= 0.3 is 0 Å². The van der Waals surface area contributed by atoms with Crippen LogP contribution in [0.25, 0.3) is 0 Å². The summed E-state index contributed by atoms with van der Waals surface area (Å²) in [6.45, 7) is 7.68.